The van der Waals surface area contributed by atoms with Crippen LogP contribution in [0.1, 0.15) is 37.6 Å². The van der Waals surface area contributed by atoms with Gasteiger partial charge in [-0.15, -0.1) is 0 Å². The number of nitrogens with zero attached hydrogens (tertiary/aromatic N) is 1. The van der Waals surface area contributed by atoms with Crippen LogP contribution in [0.4, 0.5) is 11.4 Å². The third-order valence-corrected chi connectivity index (χ3v) is 5.79. The Balaban J connectivity index is 1.84. The van der Waals surface area contributed by atoms with E-state index in [0.717, 1.165) is 6.26 Å². The molecule has 1 heterocycles. The lowest BCUT2D eigenvalue weighted by atomic mass is 10.1. The van der Waals surface area contributed by atoms with Crippen LogP contribution in [0.3, 0.4) is 0 Å². The molecule has 0 bridgehead atoms. The number of benzene rings is 2. The van der Waals surface area contributed by atoms with Gasteiger partial charge in [0.1, 0.15) is 5.75 Å². The van der Waals surface area contributed by atoms with Gasteiger partial charge in [-0.3, -0.25) is 13.9 Å². The lowest BCUT2D eigenvalue weighted by Crippen LogP contribution is -2.41. The SMILES string of the molecule is CC(C)(C)NC(=O)c1ccccc1NC(=O)C1CCN(S(C)(=O)=O)c2ccccc2O1. The van der Waals surface area contributed by atoms with E-state index < -0.39 is 27.6 Å². The number of carbonyl (C=O) groups is 2. The first-order valence-corrected chi connectivity index (χ1v) is 11.8. The maximum atomic E-state index is 13.0. The van der Waals surface area contributed by atoms with Crippen LogP contribution >= 0.6 is 0 Å². The zero-order valence-corrected chi connectivity index (χ0v) is 18.8. The monoisotopic (exact) mass is 445 g/mol. The standard InChI is InChI=1S/C22H27N3O5S/c1-22(2,3)24-20(26)15-9-5-6-10-16(15)23-21(27)19-13-14-25(31(4,28)29)17-11-7-8-12-18(17)30-19/h5-12,19H,13-14H2,1-4H3,(H,23,27)(H,24,26). The van der Waals surface area contributed by atoms with Gasteiger partial charge in [-0.05, 0) is 45.0 Å². The number of amides is 2. The highest BCUT2D eigenvalue weighted by molar-refractivity contribution is 7.92. The molecule has 1 aliphatic rings. The second kappa shape index (κ2) is 8.58. The lowest BCUT2D eigenvalue weighted by Gasteiger charge is -2.22. The molecule has 2 N–H and O–H groups in total. The molecule has 3 rings (SSSR count). The van der Waals surface area contributed by atoms with Crippen molar-refractivity contribution in [2.45, 2.75) is 38.8 Å². The minimum Gasteiger partial charge on any atom is -0.478 e. The second-order valence-corrected chi connectivity index (χ2v) is 10.3. The number of fused-ring (bicyclic) bond motifs is 1. The van der Waals surface area contributed by atoms with E-state index in [-0.39, 0.29) is 18.9 Å². The van der Waals surface area contributed by atoms with Crippen LogP contribution < -0.4 is 19.7 Å². The largest absolute Gasteiger partial charge is 0.478 e. The fourth-order valence-corrected chi connectivity index (χ4v) is 4.22. The van der Waals surface area contributed by atoms with Gasteiger partial charge in [0.25, 0.3) is 11.8 Å². The minimum absolute atomic E-state index is 0.0973. The molecule has 31 heavy (non-hydrogen) atoms. The fourth-order valence-electron chi connectivity index (χ4n) is 3.27. The Hall–Kier alpha value is -3.07. The first-order valence-electron chi connectivity index (χ1n) is 9.91. The normalized spacial score (nSPS) is 16.5. The van der Waals surface area contributed by atoms with Crippen molar-refractivity contribution in [3.05, 3.63) is 54.1 Å². The predicted molar refractivity (Wildman–Crippen MR) is 120 cm³/mol. The van der Waals surface area contributed by atoms with Gasteiger partial charge in [-0.1, -0.05) is 24.3 Å². The van der Waals surface area contributed by atoms with Crippen molar-refractivity contribution in [2.75, 3.05) is 22.4 Å². The lowest BCUT2D eigenvalue weighted by molar-refractivity contribution is -0.122. The van der Waals surface area contributed by atoms with Crippen LogP contribution in [-0.2, 0) is 14.8 Å². The van der Waals surface area contributed by atoms with E-state index in [9.17, 15) is 18.0 Å². The molecule has 2 amide bonds. The Morgan fingerprint density at radius 3 is 2.39 bits per heavy atom. The molecule has 0 saturated heterocycles. The highest BCUT2D eigenvalue weighted by atomic mass is 32.2. The zero-order chi connectivity index (χ0) is 22.8. The third-order valence-electron chi connectivity index (χ3n) is 4.61. The third kappa shape index (κ3) is 5.55. The number of anilines is 2. The molecule has 2 aromatic rings. The Kier molecular flexibility index (Phi) is 6.26. The van der Waals surface area contributed by atoms with Gasteiger partial charge in [0.2, 0.25) is 10.0 Å². The Bertz CT molecular complexity index is 1090. The minimum atomic E-state index is -3.54. The molecule has 1 atom stereocenters. The summed E-state index contributed by atoms with van der Waals surface area (Å²) in [7, 11) is -3.54. The maximum absolute atomic E-state index is 13.0. The molecule has 0 spiro atoms. The van der Waals surface area contributed by atoms with E-state index in [1.54, 1.807) is 48.5 Å². The van der Waals surface area contributed by atoms with Crippen molar-refractivity contribution in [1.82, 2.24) is 5.32 Å². The van der Waals surface area contributed by atoms with Gasteiger partial charge < -0.3 is 15.4 Å². The quantitative estimate of drug-likeness (QED) is 0.753. The fraction of sp³-hybridized carbons (Fsp3) is 0.364. The highest BCUT2D eigenvalue weighted by Gasteiger charge is 2.31. The van der Waals surface area contributed by atoms with Crippen molar-refractivity contribution in [2.24, 2.45) is 0 Å². The molecule has 9 heteroatoms. The molecule has 166 valence electrons. The van der Waals surface area contributed by atoms with E-state index in [4.69, 9.17) is 4.74 Å². The first-order chi connectivity index (χ1) is 14.5. The van der Waals surface area contributed by atoms with Crippen LogP contribution in [0.2, 0.25) is 0 Å². The van der Waals surface area contributed by atoms with Gasteiger partial charge in [-0.2, -0.15) is 0 Å². The van der Waals surface area contributed by atoms with Crippen molar-refractivity contribution >= 4 is 33.2 Å². The topological polar surface area (TPSA) is 105 Å². The van der Waals surface area contributed by atoms with Crippen LogP contribution in [0.25, 0.3) is 0 Å². The number of hydrogen-bond acceptors (Lipinski definition) is 5. The second-order valence-electron chi connectivity index (χ2n) is 8.44. The first kappa shape index (κ1) is 22.6. The zero-order valence-electron chi connectivity index (χ0n) is 18.0. The molecular weight excluding hydrogens is 418 g/mol. The molecule has 0 radical (unpaired) electrons. The van der Waals surface area contributed by atoms with E-state index in [1.165, 1.54) is 4.31 Å². The molecule has 0 aliphatic carbocycles. The summed E-state index contributed by atoms with van der Waals surface area (Å²) < 4.78 is 31.6. The van der Waals surface area contributed by atoms with Crippen molar-refractivity contribution in [3.8, 4) is 5.75 Å². The molecule has 2 aromatic carbocycles. The van der Waals surface area contributed by atoms with Crippen molar-refractivity contribution in [1.29, 1.82) is 0 Å². The van der Waals surface area contributed by atoms with Crippen LogP contribution in [0, 0.1) is 0 Å². The van der Waals surface area contributed by atoms with Gasteiger partial charge >= 0.3 is 0 Å². The maximum Gasteiger partial charge on any atom is 0.265 e. The highest BCUT2D eigenvalue weighted by Crippen LogP contribution is 2.34. The predicted octanol–water partition coefficient (Wildman–Crippen LogP) is 2.77. The van der Waals surface area contributed by atoms with Crippen LogP contribution in [0.5, 0.6) is 5.75 Å². The van der Waals surface area contributed by atoms with E-state index >= 15 is 0 Å². The van der Waals surface area contributed by atoms with Gasteiger partial charge in [-0.25, -0.2) is 8.42 Å². The number of carbonyl (C=O) groups excluding carboxylic acids is 2. The molecule has 8 nitrogen and oxygen atoms in total. The molecule has 0 saturated carbocycles. The molecule has 1 unspecified atom stereocenters. The van der Waals surface area contributed by atoms with E-state index in [0.29, 0.717) is 22.7 Å². The Morgan fingerprint density at radius 1 is 1.06 bits per heavy atom. The number of sulfonamides is 1. The molecular formula is C22H27N3O5S. The van der Waals surface area contributed by atoms with Gasteiger partial charge in [0.05, 0.1) is 23.2 Å². The van der Waals surface area contributed by atoms with Crippen LogP contribution in [0.15, 0.2) is 48.5 Å². The van der Waals surface area contributed by atoms with Crippen LogP contribution in [-0.4, -0.2) is 44.7 Å². The summed E-state index contributed by atoms with van der Waals surface area (Å²) in [5.74, 6) is -0.454. The number of nitrogens with one attached hydrogen (secondary N) is 2. The van der Waals surface area contributed by atoms with Gasteiger partial charge in [0, 0.05) is 18.5 Å². The smallest absolute Gasteiger partial charge is 0.265 e. The summed E-state index contributed by atoms with van der Waals surface area (Å²) in [6.45, 7) is 5.71. The summed E-state index contributed by atoms with van der Waals surface area (Å²) in [6, 6.07) is 13.4. The summed E-state index contributed by atoms with van der Waals surface area (Å²) in [5, 5.41) is 5.65. The summed E-state index contributed by atoms with van der Waals surface area (Å²) in [4.78, 5) is 25.7. The summed E-state index contributed by atoms with van der Waals surface area (Å²) >= 11 is 0. The van der Waals surface area contributed by atoms with E-state index in [1.807, 2.05) is 20.8 Å². The number of ether oxygens (including phenoxy) is 1. The summed E-state index contributed by atoms with van der Waals surface area (Å²) in [5.41, 5.74) is 0.649. The molecule has 0 aromatic heterocycles. The number of para-hydroxylation sites is 3. The van der Waals surface area contributed by atoms with E-state index in [2.05, 4.69) is 10.6 Å². The average Bonchev–Trinajstić information content (AvgIpc) is 2.86. The van der Waals surface area contributed by atoms with Crippen molar-refractivity contribution in [3.63, 3.8) is 0 Å². The molecule has 1 aliphatic heterocycles. The number of hydrogen-bond donors (Lipinski definition) is 2. The Morgan fingerprint density at radius 2 is 1.71 bits per heavy atom. The summed E-state index contributed by atoms with van der Waals surface area (Å²) in [6.07, 6.45) is 0.352. The van der Waals surface area contributed by atoms with Crippen molar-refractivity contribution < 1.29 is 22.7 Å². The molecule has 0 fully saturated rings. The van der Waals surface area contributed by atoms with Gasteiger partial charge in [0.15, 0.2) is 6.10 Å². The Labute approximate surface area is 182 Å². The average molecular weight is 446 g/mol. The number of rotatable bonds is 4.